The second kappa shape index (κ2) is 8.45. The van der Waals surface area contributed by atoms with Crippen LogP contribution < -0.4 is 5.73 Å². The second-order valence-electron chi connectivity index (χ2n) is 8.61. The van der Waals surface area contributed by atoms with Crippen LogP contribution in [0.5, 0.6) is 0 Å². The number of aryl methyl sites for hydroxylation is 1. The van der Waals surface area contributed by atoms with Gasteiger partial charge < -0.3 is 10.3 Å². The molecule has 7 heteroatoms. The molecule has 0 saturated heterocycles. The zero-order valence-corrected chi connectivity index (χ0v) is 20.4. The van der Waals surface area contributed by atoms with Crippen molar-refractivity contribution in [2.75, 3.05) is 5.73 Å². The van der Waals surface area contributed by atoms with Crippen LogP contribution >= 0.6 is 23.2 Å². The first kappa shape index (κ1) is 21.7. The molecule has 0 aliphatic heterocycles. The van der Waals surface area contributed by atoms with E-state index in [2.05, 4.69) is 44.9 Å². The summed E-state index contributed by atoms with van der Waals surface area (Å²) in [6, 6.07) is 22.3. The van der Waals surface area contributed by atoms with Gasteiger partial charge in [-0.3, -0.25) is 4.40 Å². The fraction of sp³-hybridized carbons (Fsp3) is 0.0714. The monoisotopic (exact) mass is 497 g/mol. The zero-order valence-electron chi connectivity index (χ0n) is 18.9. The Bertz CT molecular complexity index is 1700. The van der Waals surface area contributed by atoms with Crippen LogP contribution in [-0.4, -0.2) is 18.9 Å². The minimum absolute atomic E-state index is 0.0453. The highest BCUT2D eigenvalue weighted by atomic mass is 35.5. The maximum absolute atomic E-state index is 6.73. The number of anilines is 1. The van der Waals surface area contributed by atoms with Crippen LogP contribution in [0.2, 0.25) is 10.0 Å². The van der Waals surface area contributed by atoms with Gasteiger partial charge in [-0.05, 0) is 53.1 Å². The Balaban J connectivity index is 1.67. The number of fused-ring (bicyclic) bond motifs is 3. The predicted molar refractivity (Wildman–Crippen MR) is 143 cm³/mol. The van der Waals surface area contributed by atoms with Crippen molar-refractivity contribution < 1.29 is 0 Å². The van der Waals surface area contributed by atoms with Crippen LogP contribution in [0.25, 0.3) is 27.7 Å². The normalized spacial score (nSPS) is 12.4. The topological polar surface area (TPSA) is 61.1 Å². The van der Waals surface area contributed by atoms with Gasteiger partial charge in [-0.2, -0.15) is 0 Å². The summed E-state index contributed by atoms with van der Waals surface area (Å²) in [5.41, 5.74) is 14.3. The quantitative estimate of drug-likeness (QED) is 0.286. The molecule has 3 heterocycles. The Morgan fingerprint density at radius 2 is 1.71 bits per heavy atom. The van der Waals surface area contributed by atoms with E-state index in [4.69, 9.17) is 28.9 Å². The minimum atomic E-state index is -0.0453. The summed E-state index contributed by atoms with van der Waals surface area (Å²) in [7, 11) is 2.01. The first-order chi connectivity index (χ1) is 17.0. The molecule has 0 saturated carbocycles. The molecule has 2 N–H and O–H groups in total. The van der Waals surface area contributed by atoms with E-state index in [-0.39, 0.29) is 5.92 Å². The molecule has 35 heavy (non-hydrogen) atoms. The molecule has 6 aromatic rings. The first-order valence-electron chi connectivity index (χ1n) is 11.2. The molecule has 5 nitrogen and oxygen atoms in total. The number of aromatic nitrogens is 4. The van der Waals surface area contributed by atoms with Crippen molar-refractivity contribution in [3.8, 4) is 11.1 Å². The van der Waals surface area contributed by atoms with Crippen molar-refractivity contribution in [2.24, 2.45) is 7.05 Å². The van der Waals surface area contributed by atoms with Gasteiger partial charge in [-0.1, -0.05) is 53.5 Å². The van der Waals surface area contributed by atoms with Gasteiger partial charge in [0.25, 0.3) is 0 Å². The summed E-state index contributed by atoms with van der Waals surface area (Å²) in [6.07, 6.45) is 7.44. The molecule has 3 aromatic heterocycles. The van der Waals surface area contributed by atoms with Crippen LogP contribution in [0, 0.1) is 0 Å². The largest absolute Gasteiger partial charge is 0.395 e. The predicted octanol–water partition coefficient (Wildman–Crippen LogP) is 6.96. The van der Waals surface area contributed by atoms with Crippen LogP contribution in [0.3, 0.4) is 0 Å². The molecular weight excluding hydrogens is 477 g/mol. The Morgan fingerprint density at radius 1 is 0.914 bits per heavy atom. The molecule has 1 atom stereocenters. The molecule has 0 amide bonds. The molecule has 0 radical (unpaired) electrons. The Kier molecular flexibility index (Phi) is 5.24. The maximum Gasteiger partial charge on any atom is 0.161 e. The highest BCUT2D eigenvalue weighted by Gasteiger charge is 2.22. The Morgan fingerprint density at radius 3 is 2.46 bits per heavy atom. The van der Waals surface area contributed by atoms with E-state index < -0.39 is 0 Å². The molecule has 0 spiro atoms. The van der Waals surface area contributed by atoms with E-state index in [9.17, 15) is 0 Å². The van der Waals surface area contributed by atoms with Crippen molar-refractivity contribution in [3.05, 3.63) is 119 Å². The van der Waals surface area contributed by atoms with Crippen LogP contribution in [0.15, 0.2) is 91.6 Å². The molecule has 0 aliphatic carbocycles. The molecular formula is C28H21Cl2N5. The summed E-state index contributed by atoms with van der Waals surface area (Å²) in [5.74, 6) is -0.0453. The first-order valence-corrected chi connectivity index (χ1v) is 11.9. The lowest BCUT2D eigenvalue weighted by atomic mass is 9.87. The van der Waals surface area contributed by atoms with Crippen molar-refractivity contribution >= 4 is 45.4 Å². The molecule has 0 bridgehead atoms. The number of hydrogen-bond acceptors (Lipinski definition) is 3. The third kappa shape index (κ3) is 3.64. The van der Waals surface area contributed by atoms with Gasteiger partial charge in [0.1, 0.15) is 0 Å². The SMILES string of the molecule is Cn1cncc1C(c1ccc(Cl)cc1)c1ccc2c(c1)c(-c1cccc(Cl)c1)c(N)c1nccn12. The van der Waals surface area contributed by atoms with E-state index in [0.29, 0.717) is 15.7 Å². The fourth-order valence-corrected chi connectivity index (χ4v) is 5.20. The summed E-state index contributed by atoms with van der Waals surface area (Å²) >= 11 is 12.6. The third-order valence-electron chi connectivity index (χ3n) is 6.50. The fourth-order valence-electron chi connectivity index (χ4n) is 4.89. The number of rotatable bonds is 4. The van der Waals surface area contributed by atoms with Gasteiger partial charge in [0.15, 0.2) is 5.65 Å². The molecule has 1 unspecified atom stereocenters. The van der Waals surface area contributed by atoms with Gasteiger partial charge in [-0.25, -0.2) is 9.97 Å². The van der Waals surface area contributed by atoms with Crippen molar-refractivity contribution in [1.82, 2.24) is 18.9 Å². The number of nitrogen functional groups attached to an aromatic ring is 1. The lowest BCUT2D eigenvalue weighted by Crippen LogP contribution is -2.08. The summed E-state index contributed by atoms with van der Waals surface area (Å²) in [4.78, 5) is 8.91. The molecule has 0 fully saturated rings. The molecule has 172 valence electrons. The van der Waals surface area contributed by atoms with E-state index in [1.54, 1.807) is 6.20 Å². The standard InChI is InChI=1S/C28H21Cl2N5/c1-34-16-32-15-24(34)25(17-5-8-20(29)9-6-17)19-7-10-23-22(14-19)26(18-3-2-4-21(30)13-18)27(31)28-33-11-12-35(23)28/h2-16,25H,31H2,1H3. The summed E-state index contributed by atoms with van der Waals surface area (Å²) in [6.45, 7) is 0. The molecule has 6 rings (SSSR count). The zero-order chi connectivity index (χ0) is 24.1. The van der Waals surface area contributed by atoms with Crippen LogP contribution in [0.4, 0.5) is 5.69 Å². The van der Waals surface area contributed by atoms with E-state index >= 15 is 0 Å². The third-order valence-corrected chi connectivity index (χ3v) is 6.99. The van der Waals surface area contributed by atoms with Crippen molar-refractivity contribution in [1.29, 1.82) is 0 Å². The van der Waals surface area contributed by atoms with Crippen LogP contribution in [0.1, 0.15) is 22.7 Å². The lowest BCUT2D eigenvalue weighted by molar-refractivity contribution is 0.793. The molecule has 3 aromatic carbocycles. The summed E-state index contributed by atoms with van der Waals surface area (Å²) in [5, 5.41) is 2.38. The average molecular weight is 498 g/mol. The number of halogens is 2. The average Bonchev–Trinajstić information content (AvgIpc) is 3.51. The van der Waals surface area contributed by atoms with Gasteiger partial charge in [0.2, 0.25) is 0 Å². The van der Waals surface area contributed by atoms with Crippen LogP contribution in [-0.2, 0) is 7.05 Å². The maximum atomic E-state index is 6.73. The van der Waals surface area contributed by atoms with Gasteiger partial charge >= 0.3 is 0 Å². The number of hydrogen-bond donors (Lipinski definition) is 1. The van der Waals surface area contributed by atoms with Crippen molar-refractivity contribution in [3.63, 3.8) is 0 Å². The number of benzene rings is 3. The van der Waals surface area contributed by atoms with E-state index in [0.717, 1.165) is 44.5 Å². The molecule has 0 aliphatic rings. The lowest BCUT2D eigenvalue weighted by Gasteiger charge is -2.21. The highest BCUT2D eigenvalue weighted by Crippen LogP contribution is 2.40. The Hall–Kier alpha value is -3.80. The van der Waals surface area contributed by atoms with E-state index in [1.165, 1.54) is 0 Å². The number of nitrogens with zero attached hydrogens (tertiary/aromatic N) is 4. The van der Waals surface area contributed by atoms with Gasteiger partial charge in [0.05, 0.1) is 23.4 Å². The minimum Gasteiger partial charge on any atom is -0.395 e. The summed E-state index contributed by atoms with van der Waals surface area (Å²) < 4.78 is 4.08. The highest BCUT2D eigenvalue weighted by molar-refractivity contribution is 6.31. The van der Waals surface area contributed by atoms with Gasteiger partial charge in [0, 0.05) is 52.3 Å². The number of imidazole rings is 2. The van der Waals surface area contributed by atoms with Gasteiger partial charge in [-0.15, -0.1) is 0 Å². The van der Waals surface area contributed by atoms with Crippen molar-refractivity contribution in [2.45, 2.75) is 5.92 Å². The second-order valence-corrected chi connectivity index (χ2v) is 9.48. The Labute approximate surface area is 212 Å². The number of nitrogens with two attached hydrogens (primary N) is 1. The van der Waals surface area contributed by atoms with E-state index in [1.807, 2.05) is 66.6 Å². The number of pyridine rings is 1. The smallest absolute Gasteiger partial charge is 0.161 e.